The molecule has 9 heteroatoms. The summed E-state index contributed by atoms with van der Waals surface area (Å²) >= 11 is 0.974. The van der Waals surface area contributed by atoms with Crippen molar-refractivity contribution < 1.29 is 17.9 Å². The summed E-state index contributed by atoms with van der Waals surface area (Å²) in [6, 6.07) is 0. The van der Waals surface area contributed by atoms with Crippen LogP contribution in [0.3, 0.4) is 0 Å². The molecule has 7 nitrogen and oxygen atoms in total. The van der Waals surface area contributed by atoms with Crippen LogP contribution in [0.15, 0.2) is 4.90 Å². The fourth-order valence-electron chi connectivity index (χ4n) is 2.19. The summed E-state index contributed by atoms with van der Waals surface area (Å²) in [6.45, 7) is 2.72. The summed E-state index contributed by atoms with van der Waals surface area (Å²) in [5.41, 5.74) is 11.0. The highest BCUT2D eigenvalue weighted by Crippen LogP contribution is 2.39. The minimum atomic E-state index is -3.54. The maximum atomic E-state index is 12.2. The zero-order valence-electron chi connectivity index (χ0n) is 11.7. The molecule has 0 radical (unpaired) electrons. The largest absolute Gasteiger partial charge is 0.396 e. The molecule has 1 aliphatic heterocycles. The molecule has 118 valence electrons. The Morgan fingerprint density at radius 1 is 1.52 bits per heavy atom. The SMILES string of the molecule is CCS(=O)(=O)c1c(NCC2CCCO2)sc(C(N)=O)c1N. The average Bonchev–Trinajstić information content (AvgIpc) is 3.03. The van der Waals surface area contributed by atoms with Crippen molar-refractivity contribution in [3.05, 3.63) is 4.88 Å². The fourth-order valence-corrected chi connectivity index (χ4v) is 4.72. The van der Waals surface area contributed by atoms with Crippen LogP contribution < -0.4 is 16.8 Å². The molecule has 1 atom stereocenters. The van der Waals surface area contributed by atoms with E-state index >= 15 is 0 Å². The van der Waals surface area contributed by atoms with Crippen LogP contribution in [-0.2, 0) is 14.6 Å². The maximum absolute atomic E-state index is 12.2. The van der Waals surface area contributed by atoms with E-state index in [1.807, 2.05) is 0 Å². The molecule has 2 rings (SSSR count). The van der Waals surface area contributed by atoms with Gasteiger partial charge in [-0.05, 0) is 12.8 Å². The second kappa shape index (κ2) is 6.20. The Hall–Kier alpha value is -1.32. The van der Waals surface area contributed by atoms with E-state index in [9.17, 15) is 13.2 Å². The number of anilines is 2. The first kappa shape index (κ1) is 16.1. The first-order valence-corrected chi connectivity index (χ1v) is 9.14. The highest BCUT2D eigenvalue weighted by atomic mass is 32.2. The van der Waals surface area contributed by atoms with Gasteiger partial charge in [0.05, 0.1) is 17.5 Å². The number of nitrogen functional groups attached to an aromatic ring is 1. The predicted octanol–water partition coefficient (Wildman–Crippen LogP) is 0.814. The summed E-state index contributed by atoms with van der Waals surface area (Å²) in [5.74, 6) is -0.823. The minimum Gasteiger partial charge on any atom is -0.396 e. The Morgan fingerprint density at radius 2 is 2.24 bits per heavy atom. The Morgan fingerprint density at radius 3 is 2.76 bits per heavy atom. The van der Waals surface area contributed by atoms with Gasteiger partial charge < -0.3 is 21.5 Å². The molecule has 1 aromatic rings. The summed E-state index contributed by atoms with van der Waals surface area (Å²) in [7, 11) is -3.54. The Kier molecular flexibility index (Phi) is 4.74. The van der Waals surface area contributed by atoms with Crippen molar-refractivity contribution in [3.63, 3.8) is 0 Å². The van der Waals surface area contributed by atoms with Gasteiger partial charge in [0.25, 0.3) is 5.91 Å². The zero-order chi connectivity index (χ0) is 15.6. The van der Waals surface area contributed by atoms with Gasteiger partial charge in [-0.15, -0.1) is 11.3 Å². The third-order valence-electron chi connectivity index (χ3n) is 3.33. The van der Waals surface area contributed by atoms with Crippen LogP contribution in [0, 0.1) is 0 Å². The standard InChI is InChI=1S/C12H19N3O4S2/c1-2-21(17,18)10-8(13)9(11(14)16)20-12(10)15-6-7-4-3-5-19-7/h7,15H,2-6,13H2,1H3,(H2,14,16). The molecule has 1 saturated heterocycles. The lowest BCUT2D eigenvalue weighted by Crippen LogP contribution is -2.19. The number of nitrogens with one attached hydrogen (secondary N) is 1. The van der Waals surface area contributed by atoms with Crippen molar-refractivity contribution in [2.45, 2.75) is 30.8 Å². The number of hydrogen-bond acceptors (Lipinski definition) is 7. The van der Waals surface area contributed by atoms with Crippen LogP contribution >= 0.6 is 11.3 Å². The molecule has 0 aromatic carbocycles. The number of carbonyl (C=O) groups is 1. The molecule has 1 amide bonds. The van der Waals surface area contributed by atoms with Crippen molar-refractivity contribution in [1.29, 1.82) is 0 Å². The smallest absolute Gasteiger partial charge is 0.261 e. The molecule has 1 aromatic heterocycles. The van der Waals surface area contributed by atoms with Gasteiger partial charge in [-0.2, -0.15) is 0 Å². The van der Waals surface area contributed by atoms with Crippen molar-refractivity contribution in [2.75, 3.05) is 30.0 Å². The van der Waals surface area contributed by atoms with Crippen LogP contribution in [0.25, 0.3) is 0 Å². The van der Waals surface area contributed by atoms with Crippen LogP contribution in [0.2, 0.25) is 0 Å². The number of nitrogens with two attached hydrogens (primary N) is 2. The van der Waals surface area contributed by atoms with Crippen LogP contribution in [0.1, 0.15) is 29.4 Å². The fraction of sp³-hybridized carbons (Fsp3) is 0.583. The van der Waals surface area contributed by atoms with Crippen LogP contribution in [0.5, 0.6) is 0 Å². The van der Waals surface area contributed by atoms with Crippen molar-refractivity contribution >= 4 is 37.8 Å². The molecule has 0 saturated carbocycles. The molecule has 2 heterocycles. The van der Waals surface area contributed by atoms with Gasteiger partial charge in [0.1, 0.15) is 14.8 Å². The maximum Gasteiger partial charge on any atom is 0.261 e. The molecule has 0 spiro atoms. The van der Waals surface area contributed by atoms with Gasteiger partial charge in [-0.25, -0.2) is 8.42 Å². The van der Waals surface area contributed by atoms with E-state index in [-0.39, 0.29) is 27.3 Å². The van der Waals surface area contributed by atoms with Crippen molar-refractivity contribution in [3.8, 4) is 0 Å². The summed E-state index contributed by atoms with van der Waals surface area (Å²) < 4.78 is 29.8. The van der Waals surface area contributed by atoms with Gasteiger partial charge in [0, 0.05) is 13.2 Å². The van der Waals surface area contributed by atoms with E-state index in [1.54, 1.807) is 0 Å². The monoisotopic (exact) mass is 333 g/mol. The number of hydrogen-bond donors (Lipinski definition) is 3. The quantitative estimate of drug-likeness (QED) is 0.707. The number of primary amides is 1. The van der Waals surface area contributed by atoms with Gasteiger partial charge in [-0.1, -0.05) is 6.92 Å². The van der Waals surface area contributed by atoms with E-state index in [4.69, 9.17) is 16.2 Å². The third kappa shape index (κ3) is 3.30. The van der Waals surface area contributed by atoms with Gasteiger partial charge in [0.15, 0.2) is 9.84 Å². The second-order valence-electron chi connectivity index (χ2n) is 4.79. The highest BCUT2D eigenvalue weighted by Gasteiger charge is 2.28. The summed E-state index contributed by atoms with van der Waals surface area (Å²) in [6.07, 6.45) is 1.96. The first-order valence-electron chi connectivity index (χ1n) is 6.67. The Labute approximate surface area is 127 Å². The number of sulfone groups is 1. The highest BCUT2D eigenvalue weighted by molar-refractivity contribution is 7.91. The van der Waals surface area contributed by atoms with Crippen LogP contribution in [0.4, 0.5) is 10.7 Å². The lowest BCUT2D eigenvalue weighted by Gasteiger charge is -2.12. The van der Waals surface area contributed by atoms with Gasteiger partial charge in [0.2, 0.25) is 0 Å². The van der Waals surface area contributed by atoms with E-state index in [1.165, 1.54) is 6.92 Å². The number of thiophene rings is 1. The average molecular weight is 333 g/mol. The number of carbonyl (C=O) groups excluding carboxylic acids is 1. The number of rotatable bonds is 6. The number of amides is 1. The normalized spacial score (nSPS) is 18.8. The lowest BCUT2D eigenvalue weighted by molar-refractivity contribution is 0.100. The number of ether oxygens (including phenoxy) is 1. The topological polar surface area (TPSA) is 125 Å². The minimum absolute atomic E-state index is 0.0261. The van der Waals surface area contributed by atoms with Crippen LogP contribution in [-0.4, -0.2) is 39.3 Å². The molecule has 0 aliphatic carbocycles. The Bertz CT molecular complexity index is 633. The van der Waals surface area contributed by atoms with Gasteiger partial charge in [-0.3, -0.25) is 4.79 Å². The molecule has 5 N–H and O–H groups in total. The summed E-state index contributed by atoms with van der Waals surface area (Å²) in [5, 5.41) is 3.40. The second-order valence-corrected chi connectivity index (χ2v) is 8.02. The zero-order valence-corrected chi connectivity index (χ0v) is 13.4. The van der Waals surface area contributed by atoms with Crippen molar-refractivity contribution in [2.24, 2.45) is 5.73 Å². The molecule has 1 aliphatic rings. The molecule has 21 heavy (non-hydrogen) atoms. The molecule has 0 bridgehead atoms. The molecule has 1 fully saturated rings. The molecule has 1 unspecified atom stereocenters. The van der Waals surface area contributed by atoms with E-state index < -0.39 is 15.7 Å². The molecular formula is C12H19N3O4S2. The van der Waals surface area contributed by atoms with Gasteiger partial charge >= 0.3 is 0 Å². The third-order valence-corrected chi connectivity index (χ3v) is 6.44. The summed E-state index contributed by atoms with van der Waals surface area (Å²) in [4.78, 5) is 11.4. The predicted molar refractivity (Wildman–Crippen MR) is 82.4 cm³/mol. The van der Waals surface area contributed by atoms with E-state index in [0.717, 1.165) is 24.2 Å². The lowest BCUT2D eigenvalue weighted by atomic mass is 10.2. The first-order chi connectivity index (χ1) is 9.86. The van der Waals surface area contributed by atoms with E-state index in [0.29, 0.717) is 18.2 Å². The van der Waals surface area contributed by atoms with E-state index in [2.05, 4.69) is 5.32 Å². The van der Waals surface area contributed by atoms with Crippen molar-refractivity contribution in [1.82, 2.24) is 0 Å². The molecular weight excluding hydrogens is 314 g/mol. The Balaban J connectivity index is 2.33.